The number of nitrogens with one attached hydrogen (secondary N) is 1. The third-order valence-electron chi connectivity index (χ3n) is 5.95. The van der Waals surface area contributed by atoms with Crippen molar-refractivity contribution in [3.8, 4) is 0 Å². The highest BCUT2D eigenvalue weighted by molar-refractivity contribution is 9.10. The van der Waals surface area contributed by atoms with E-state index in [1.165, 1.54) is 17.0 Å². The number of nitrogens with zero attached hydrogens (tertiary/aromatic N) is 2. The summed E-state index contributed by atoms with van der Waals surface area (Å²) >= 11 is 15.9. The molecule has 0 aliphatic heterocycles. The molecule has 0 bridgehead atoms. The minimum Gasteiger partial charge on any atom is -0.350 e. The first kappa shape index (κ1) is 31.9. The maximum Gasteiger partial charge on any atom is 0.264 e. The molecule has 40 heavy (non-hydrogen) atoms. The van der Waals surface area contributed by atoms with Crippen LogP contribution in [0.1, 0.15) is 39.7 Å². The molecule has 3 aromatic rings. The Labute approximate surface area is 254 Å². The SMILES string of the molecule is CC[C@H](C(=O)NC(C)(C)C)N(Cc1ccc(Cl)cc1Cl)C(=O)CN(c1cccc(Br)c1)S(=O)(=O)c1ccccc1. The quantitative estimate of drug-likeness (QED) is 0.261. The molecule has 1 N–H and O–H groups in total. The van der Waals surface area contributed by atoms with Crippen LogP contribution in [0, 0.1) is 0 Å². The van der Waals surface area contributed by atoms with Gasteiger partial charge in [-0.3, -0.25) is 13.9 Å². The number of carbonyl (C=O) groups excluding carboxylic acids is 2. The third kappa shape index (κ3) is 8.22. The summed E-state index contributed by atoms with van der Waals surface area (Å²) in [7, 11) is -4.15. The van der Waals surface area contributed by atoms with Crippen LogP contribution >= 0.6 is 39.1 Å². The lowest BCUT2D eigenvalue weighted by atomic mass is 10.1. The van der Waals surface area contributed by atoms with Crippen LogP contribution in [0.4, 0.5) is 5.69 Å². The normalized spacial score (nSPS) is 12.5. The van der Waals surface area contributed by atoms with Crippen molar-refractivity contribution in [1.29, 1.82) is 0 Å². The van der Waals surface area contributed by atoms with Crippen LogP contribution in [-0.2, 0) is 26.2 Å². The maximum atomic E-state index is 14.1. The van der Waals surface area contributed by atoms with E-state index >= 15 is 0 Å². The smallest absolute Gasteiger partial charge is 0.264 e. The van der Waals surface area contributed by atoms with Crippen LogP contribution in [0.15, 0.2) is 82.2 Å². The Morgan fingerprint density at radius 2 is 1.65 bits per heavy atom. The van der Waals surface area contributed by atoms with Crippen LogP contribution in [0.2, 0.25) is 10.0 Å². The summed E-state index contributed by atoms with van der Waals surface area (Å²) in [6, 6.07) is 18.6. The molecule has 3 rings (SSSR count). The summed E-state index contributed by atoms with van der Waals surface area (Å²) in [5.41, 5.74) is 0.320. The number of anilines is 1. The number of carbonyl (C=O) groups is 2. The van der Waals surface area contributed by atoms with Gasteiger partial charge >= 0.3 is 0 Å². The molecule has 7 nitrogen and oxygen atoms in total. The van der Waals surface area contributed by atoms with Crippen molar-refractivity contribution in [2.24, 2.45) is 0 Å². The molecule has 0 radical (unpaired) electrons. The summed E-state index contributed by atoms with van der Waals surface area (Å²) in [5.74, 6) is -0.922. The molecule has 0 fully saturated rings. The van der Waals surface area contributed by atoms with Crippen molar-refractivity contribution in [3.05, 3.63) is 92.9 Å². The standard InChI is InChI=1S/C29H32BrCl2N3O4S/c1-5-26(28(37)33-29(2,3)4)34(18-20-14-15-22(31)17-25(20)32)27(36)19-35(23-11-9-10-21(30)16-23)40(38,39)24-12-7-6-8-13-24/h6-17,26H,5,18-19H2,1-4H3,(H,33,37)/t26-/m1/s1. The van der Waals surface area contributed by atoms with Crippen molar-refractivity contribution in [2.75, 3.05) is 10.8 Å². The summed E-state index contributed by atoms with van der Waals surface area (Å²) in [5, 5.41) is 3.70. The second kappa shape index (κ2) is 13.4. The number of halogens is 3. The zero-order valence-electron chi connectivity index (χ0n) is 22.7. The van der Waals surface area contributed by atoms with E-state index in [9.17, 15) is 18.0 Å². The summed E-state index contributed by atoms with van der Waals surface area (Å²) in [4.78, 5) is 28.9. The van der Waals surface area contributed by atoms with Gasteiger partial charge in [0.1, 0.15) is 12.6 Å². The van der Waals surface area contributed by atoms with Crippen LogP contribution in [0.5, 0.6) is 0 Å². The molecule has 2 amide bonds. The fourth-order valence-electron chi connectivity index (χ4n) is 4.09. The number of amides is 2. The second-order valence-corrected chi connectivity index (χ2v) is 13.8. The zero-order valence-corrected chi connectivity index (χ0v) is 26.6. The van der Waals surface area contributed by atoms with E-state index in [1.807, 2.05) is 20.8 Å². The Hall–Kier alpha value is -2.59. The molecule has 11 heteroatoms. The van der Waals surface area contributed by atoms with Gasteiger partial charge < -0.3 is 10.2 Å². The van der Waals surface area contributed by atoms with Crippen molar-refractivity contribution in [1.82, 2.24) is 10.2 Å². The average Bonchev–Trinajstić information content (AvgIpc) is 2.87. The van der Waals surface area contributed by atoms with Gasteiger partial charge in [0.05, 0.1) is 10.6 Å². The van der Waals surface area contributed by atoms with Gasteiger partial charge in [-0.15, -0.1) is 0 Å². The monoisotopic (exact) mass is 667 g/mol. The van der Waals surface area contributed by atoms with E-state index in [1.54, 1.807) is 67.6 Å². The molecule has 214 valence electrons. The molecule has 1 atom stereocenters. The van der Waals surface area contributed by atoms with Crippen molar-refractivity contribution >= 4 is 66.7 Å². The number of benzene rings is 3. The van der Waals surface area contributed by atoms with Crippen molar-refractivity contribution < 1.29 is 18.0 Å². The molecule has 0 unspecified atom stereocenters. The maximum absolute atomic E-state index is 14.1. The summed E-state index contributed by atoms with van der Waals surface area (Å²) < 4.78 is 29.4. The van der Waals surface area contributed by atoms with Crippen LogP contribution in [0.3, 0.4) is 0 Å². The van der Waals surface area contributed by atoms with Gasteiger partial charge in [0, 0.05) is 26.6 Å². The highest BCUT2D eigenvalue weighted by Crippen LogP contribution is 2.28. The molecule has 0 spiro atoms. The molecular formula is C29H32BrCl2N3O4S. The zero-order chi connectivity index (χ0) is 29.7. The highest BCUT2D eigenvalue weighted by Gasteiger charge is 2.35. The first-order chi connectivity index (χ1) is 18.7. The largest absolute Gasteiger partial charge is 0.350 e. The molecule has 0 aliphatic rings. The lowest BCUT2D eigenvalue weighted by molar-refractivity contribution is -0.141. The van der Waals surface area contributed by atoms with E-state index in [2.05, 4.69) is 21.2 Å². The predicted molar refractivity (Wildman–Crippen MR) is 164 cm³/mol. The van der Waals surface area contributed by atoms with Crippen molar-refractivity contribution in [2.45, 2.75) is 57.1 Å². The van der Waals surface area contributed by atoms with Gasteiger partial charge in [-0.05, 0) is 75.2 Å². The predicted octanol–water partition coefficient (Wildman–Crippen LogP) is 6.67. The summed E-state index contributed by atoms with van der Waals surface area (Å²) in [6.45, 7) is 6.77. The van der Waals surface area contributed by atoms with Crippen molar-refractivity contribution in [3.63, 3.8) is 0 Å². The van der Waals surface area contributed by atoms with E-state index in [-0.39, 0.29) is 17.3 Å². The van der Waals surface area contributed by atoms with Gasteiger partial charge in [0.2, 0.25) is 11.8 Å². The van der Waals surface area contributed by atoms with E-state index in [0.717, 1.165) is 4.31 Å². The van der Waals surface area contributed by atoms with Gasteiger partial charge in [0.25, 0.3) is 10.0 Å². The van der Waals surface area contributed by atoms with Gasteiger partial charge in [0.15, 0.2) is 0 Å². The Kier molecular flexibility index (Phi) is 10.7. The Bertz CT molecular complexity index is 1460. The average molecular weight is 669 g/mol. The molecule has 0 saturated heterocycles. The molecule has 0 aromatic heterocycles. The number of hydrogen-bond acceptors (Lipinski definition) is 4. The van der Waals surface area contributed by atoms with Gasteiger partial charge in [-0.2, -0.15) is 0 Å². The Morgan fingerprint density at radius 3 is 2.23 bits per heavy atom. The molecular weight excluding hydrogens is 637 g/mol. The lowest BCUT2D eigenvalue weighted by Crippen LogP contribution is -2.55. The topological polar surface area (TPSA) is 86.8 Å². The molecule has 0 aliphatic carbocycles. The minimum absolute atomic E-state index is 0.0252. The minimum atomic E-state index is -4.15. The highest BCUT2D eigenvalue weighted by atomic mass is 79.9. The number of sulfonamides is 1. The fourth-order valence-corrected chi connectivity index (χ4v) is 6.37. The summed E-state index contributed by atoms with van der Waals surface area (Å²) in [6.07, 6.45) is 0.293. The van der Waals surface area contributed by atoms with Crippen LogP contribution in [-0.4, -0.2) is 43.3 Å². The lowest BCUT2D eigenvalue weighted by Gasteiger charge is -2.35. The number of hydrogen-bond donors (Lipinski definition) is 1. The molecule has 0 heterocycles. The first-order valence-corrected chi connectivity index (χ1v) is 15.6. The van der Waals surface area contributed by atoms with E-state index in [0.29, 0.717) is 32.2 Å². The molecule has 0 saturated carbocycles. The van der Waals surface area contributed by atoms with E-state index < -0.39 is 34.1 Å². The van der Waals surface area contributed by atoms with Gasteiger partial charge in [-0.1, -0.05) is 76.4 Å². The number of rotatable bonds is 10. The Balaban J connectivity index is 2.09. The van der Waals surface area contributed by atoms with Crippen LogP contribution < -0.4 is 9.62 Å². The Morgan fingerprint density at radius 1 is 0.975 bits per heavy atom. The molecule has 3 aromatic carbocycles. The fraction of sp³-hybridized carbons (Fsp3) is 0.310. The second-order valence-electron chi connectivity index (χ2n) is 10.2. The third-order valence-corrected chi connectivity index (χ3v) is 8.81. The van der Waals surface area contributed by atoms with Crippen LogP contribution in [0.25, 0.3) is 0 Å². The first-order valence-electron chi connectivity index (χ1n) is 12.6. The van der Waals surface area contributed by atoms with E-state index in [4.69, 9.17) is 23.2 Å². The van der Waals surface area contributed by atoms with Gasteiger partial charge in [-0.25, -0.2) is 8.42 Å².